The Morgan fingerprint density at radius 3 is 2.85 bits per heavy atom. The molecule has 70 valence electrons. The molecule has 0 spiro atoms. The Kier molecular flexibility index (Phi) is 3.43. The summed E-state index contributed by atoms with van der Waals surface area (Å²) in [5.41, 5.74) is 1.24. The predicted molar refractivity (Wildman–Crippen MR) is 50.6 cm³/mol. The zero-order valence-electron chi connectivity index (χ0n) is 7.31. The van der Waals surface area contributed by atoms with Crippen LogP contribution < -0.4 is 0 Å². The van der Waals surface area contributed by atoms with Crippen molar-refractivity contribution in [2.75, 3.05) is 5.88 Å². The molecule has 0 unspecified atom stereocenters. The molecule has 1 aromatic carbocycles. The van der Waals surface area contributed by atoms with Gasteiger partial charge in [0.1, 0.15) is 5.82 Å². The molecule has 0 atom stereocenters. The molecule has 0 aliphatic heterocycles. The van der Waals surface area contributed by atoms with Crippen molar-refractivity contribution in [3.05, 3.63) is 35.1 Å². The lowest BCUT2D eigenvalue weighted by Gasteiger charge is -2.03. The fraction of sp³-hybridized carbons (Fsp3) is 0.300. The van der Waals surface area contributed by atoms with Gasteiger partial charge in [-0.15, -0.1) is 11.6 Å². The van der Waals surface area contributed by atoms with Crippen LogP contribution in [-0.2, 0) is 11.2 Å². The van der Waals surface area contributed by atoms with Crippen LogP contribution in [0.5, 0.6) is 0 Å². The summed E-state index contributed by atoms with van der Waals surface area (Å²) in [6.45, 7) is 1.66. The van der Waals surface area contributed by atoms with E-state index in [0.29, 0.717) is 11.1 Å². The Labute approximate surface area is 81.5 Å². The fourth-order valence-corrected chi connectivity index (χ4v) is 1.20. The second kappa shape index (κ2) is 4.38. The lowest BCUT2D eigenvalue weighted by Crippen LogP contribution is -2.05. The second-order valence-electron chi connectivity index (χ2n) is 2.87. The maximum absolute atomic E-state index is 13.0. The molecule has 0 heterocycles. The minimum Gasteiger partial charge on any atom is -0.298 e. The third-order valence-corrected chi connectivity index (χ3v) is 2.21. The van der Waals surface area contributed by atoms with Crippen LogP contribution in [0.4, 0.5) is 4.39 Å². The number of halogens is 2. The van der Waals surface area contributed by atoms with Gasteiger partial charge in [0.25, 0.3) is 0 Å². The monoisotopic (exact) mass is 200 g/mol. The Balaban J connectivity index is 2.89. The lowest BCUT2D eigenvalue weighted by atomic mass is 10.0. The predicted octanol–water partition coefficient (Wildman–Crippen LogP) is 2.48. The largest absolute Gasteiger partial charge is 0.298 e. The zero-order valence-corrected chi connectivity index (χ0v) is 8.07. The molecular weight excluding hydrogens is 191 g/mol. The van der Waals surface area contributed by atoms with Gasteiger partial charge in [0, 0.05) is 6.42 Å². The van der Waals surface area contributed by atoms with E-state index >= 15 is 0 Å². The number of hydrogen-bond donors (Lipinski definition) is 0. The minimum absolute atomic E-state index is 0.0179. The van der Waals surface area contributed by atoms with Gasteiger partial charge in [0.2, 0.25) is 0 Å². The molecule has 1 nitrogen and oxygen atoms in total. The summed E-state index contributed by atoms with van der Waals surface area (Å²) in [5, 5.41) is 0. The van der Waals surface area contributed by atoms with Crippen LogP contribution in [0.2, 0.25) is 0 Å². The summed E-state index contributed by atoms with van der Waals surface area (Å²) in [5.74, 6) is -0.383. The van der Waals surface area contributed by atoms with Gasteiger partial charge in [-0.1, -0.05) is 12.1 Å². The molecule has 1 rings (SSSR count). The standard InChI is InChI=1S/C10H10ClFO/c1-7-8(5-9(13)6-11)3-2-4-10(7)12/h2-4H,5-6H2,1H3. The minimum atomic E-state index is -0.278. The number of Topliss-reactive ketones (excluding diaryl/α,β-unsaturated/α-hetero) is 1. The Hall–Kier alpha value is -0.890. The van der Waals surface area contributed by atoms with Crippen LogP contribution in [0.3, 0.4) is 0 Å². The third-order valence-electron chi connectivity index (χ3n) is 1.92. The summed E-state index contributed by atoms with van der Waals surface area (Å²) in [7, 11) is 0. The lowest BCUT2D eigenvalue weighted by molar-refractivity contribution is -0.116. The van der Waals surface area contributed by atoms with Crippen LogP contribution in [0, 0.1) is 12.7 Å². The van der Waals surface area contributed by atoms with Gasteiger partial charge < -0.3 is 0 Å². The van der Waals surface area contributed by atoms with Gasteiger partial charge in [-0.2, -0.15) is 0 Å². The molecule has 0 N–H and O–H groups in total. The van der Waals surface area contributed by atoms with Crippen LogP contribution in [-0.4, -0.2) is 11.7 Å². The van der Waals surface area contributed by atoms with Crippen LogP contribution in [0.25, 0.3) is 0 Å². The first kappa shape index (κ1) is 10.2. The molecule has 0 radical (unpaired) electrons. The van der Waals surface area contributed by atoms with Crippen molar-refractivity contribution in [2.45, 2.75) is 13.3 Å². The molecule has 0 bridgehead atoms. The summed E-state index contributed by atoms with van der Waals surface area (Å²) >= 11 is 5.35. The molecule has 0 fully saturated rings. The van der Waals surface area contributed by atoms with E-state index in [2.05, 4.69) is 0 Å². The summed E-state index contributed by atoms with van der Waals surface area (Å²) < 4.78 is 13.0. The van der Waals surface area contributed by atoms with Crippen LogP contribution >= 0.6 is 11.6 Å². The van der Waals surface area contributed by atoms with E-state index in [4.69, 9.17) is 11.6 Å². The van der Waals surface area contributed by atoms with E-state index in [1.807, 2.05) is 0 Å². The van der Waals surface area contributed by atoms with Gasteiger partial charge in [-0.25, -0.2) is 4.39 Å². The van der Waals surface area contributed by atoms with E-state index < -0.39 is 0 Å². The van der Waals surface area contributed by atoms with E-state index in [0.717, 1.165) is 0 Å². The summed E-state index contributed by atoms with van der Waals surface area (Å²) in [6.07, 6.45) is 0.215. The first-order valence-electron chi connectivity index (χ1n) is 3.97. The number of hydrogen-bond acceptors (Lipinski definition) is 1. The molecule has 13 heavy (non-hydrogen) atoms. The normalized spacial score (nSPS) is 10.1. The smallest absolute Gasteiger partial charge is 0.151 e. The molecule has 0 aliphatic carbocycles. The average molecular weight is 201 g/mol. The first-order valence-corrected chi connectivity index (χ1v) is 4.50. The van der Waals surface area contributed by atoms with Gasteiger partial charge >= 0.3 is 0 Å². The second-order valence-corrected chi connectivity index (χ2v) is 3.14. The van der Waals surface area contributed by atoms with Crippen LogP contribution in [0.1, 0.15) is 11.1 Å². The SMILES string of the molecule is Cc1c(F)cccc1CC(=O)CCl. The average Bonchev–Trinajstić information content (AvgIpc) is 2.13. The third kappa shape index (κ3) is 2.52. The molecule has 0 aliphatic rings. The number of carbonyl (C=O) groups is 1. The Bertz CT molecular complexity index is 323. The van der Waals surface area contributed by atoms with Gasteiger partial charge in [-0.05, 0) is 24.1 Å². The molecule has 0 saturated carbocycles. The van der Waals surface area contributed by atoms with Crippen molar-refractivity contribution in [3.8, 4) is 0 Å². The van der Waals surface area contributed by atoms with Gasteiger partial charge in [0.05, 0.1) is 5.88 Å². The Morgan fingerprint density at radius 2 is 2.23 bits per heavy atom. The number of benzene rings is 1. The maximum atomic E-state index is 13.0. The highest BCUT2D eigenvalue weighted by Gasteiger charge is 2.07. The van der Waals surface area contributed by atoms with Crippen molar-refractivity contribution >= 4 is 17.4 Å². The zero-order chi connectivity index (χ0) is 9.84. The van der Waals surface area contributed by atoms with E-state index in [1.165, 1.54) is 6.07 Å². The highest BCUT2D eigenvalue weighted by molar-refractivity contribution is 6.27. The molecule has 0 amide bonds. The highest BCUT2D eigenvalue weighted by Crippen LogP contribution is 2.12. The summed E-state index contributed by atoms with van der Waals surface area (Å²) in [6, 6.07) is 4.71. The van der Waals surface area contributed by atoms with Crippen molar-refractivity contribution in [1.82, 2.24) is 0 Å². The van der Waals surface area contributed by atoms with Crippen LogP contribution in [0.15, 0.2) is 18.2 Å². The number of carbonyl (C=O) groups excluding carboxylic acids is 1. The van der Waals surface area contributed by atoms with Crippen molar-refractivity contribution in [1.29, 1.82) is 0 Å². The van der Waals surface area contributed by atoms with E-state index in [9.17, 15) is 9.18 Å². The molecule has 0 aromatic heterocycles. The number of rotatable bonds is 3. The number of alkyl halides is 1. The highest BCUT2D eigenvalue weighted by atomic mass is 35.5. The van der Waals surface area contributed by atoms with Crippen molar-refractivity contribution in [2.24, 2.45) is 0 Å². The Morgan fingerprint density at radius 1 is 1.54 bits per heavy atom. The van der Waals surface area contributed by atoms with Crippen molar-refractivity contribution in [3.63, 3.8) is 0 Å². The topological polar surface area (TPSA) is 17.1 Å². The van der Waals surface area contributed by atoms with Crippen molar-refractivity contribution < 1.29 is 9.18 Å². The number of ketones is 1. The van der Waals surface area contributed by atoms with Gasteiger partial charge in [0.15, 0.2) is 5.78 Å². The van der Waals surface area contributed by atoms with E-state index in [-0.39, 0.29) is 23.9 Å². The quantitative estimate of drug-likeness (QED) is 0.686. The van der Waals surface area contributed by atoms with E-state index in [1.54, 1.807) is 19.1 Å². The maximum Gasteiger partial charge on any atom is 0.151 e. The summed E-state index contributed by atoms with van der Waals surface area (Å²) in [4.78, 5) is 11.0. The first-order chi connectivity index (χ1) is 6.15. The fourth-order valence-electron chi connectivity index (χ4n) is 1.10. The molecule has 0 saturated heterocycles. The molecule has 1 aromatic rings. The molecule has 3 heteroatoms. The molecular formula is C10H10ClFO. The van der Waals surface area contributed by atoms with Gasteiger partial charge in [-0.3, -0.25) is 4.79 Å².